The summed E-state index contributed by atoms with van der Waals surface area (Å²) in [5, 5.41) is 9.09. The highest BCUT2D eigenvalue weighted by molar-refractivity contribution is 5.34. The van der Waals surface area contributed by atoms with Crippen LogP contribution in [0.25, 0.3) is 0 Å². The van der Waals surface area contributed by atoms with E-state index in [4.69, 9.17) is 9.84 Å². The van der Waals surface area contributed by atoms with E-state index in [1.165, 1.54) is 12.1 Å². The zero-order chi connectivity index (χ0) is 12.3. The average molecular weight is 236 g/mol. The third-order valence-electron chi connectivity index (χ3n) is 2.50. The van der Waals surface area contributed by atoms with Gasteiger partial charge in [0.15, 0.2) is 11.6 Å². The van der Waals surface area contributed by atoms with Crippen molar-refractivity contribution < 1.29 is 14.2 Å². The number of imidazole rings is 1. The number of aliphatic hydroxyl groups excluding tert-OH is 1. The maximum atomic E-state index is 13.5. The summed E-state index contributed by atoms with van der Waals surface area (Å²) in [7, 11) is 1.83. The number of halogens is 1. The molecule has 2 aromatic rings. The Morgan fingerprint density at radius 1 is 1.47 bits per heavy atom. The maximum Gasteiger partial charge on any atom is 0.165 e. The van der Waals surface area contributed by atoms with Gasteiger partial charge in [0, 0.05) is 12.6 Å². The van der Waals surface area contributed by atoms with Gasteiger partial charge in [-0.15, -0.1) is 0 Å². The molecule has 2 rings (SSSR count). The molecule has 0 atom stereocenters. The Kier molecular flexibility index (Phi) is 3.39. The van der Waals surface area contributed by atoms with Crippen LogP contribution in [0.2, 0.25) is 0 Å². The van der Waals surface area contributed by atoms with E-state index < -0.39 is 5.82 Å². The monoisotopic (exact) mass is 236 g/mol. The largest absolute Gasteiger partial charge is 0.484 e. The van der Waals surface area contributed by atoms with Crippen molar-refractivity contribution in [2.75, 3.05) is 0 Å². The predicted molar refractivity (Wildman–Crippen MR) is 59.9 cm³/mol. The molecule has 0 saturated carbocycles. The molecule has 1 heterocycles. The number of hydrogen-bond donors (Lipinski definition) is 1. The molecule has 0 bridgehead atoms. The number of ether oxygens (including phenoxy) is 1. The topological polar surface area (TPSA) is 47.3 Å². The number of nitrogens with zero attached hydrogens (tertiary/aromatic N) is 2. The molecule has 1 aromatic carbocycles. The van der Waals surface area contributed by atoms with Crippen LogP contribution in [0.4, 0.5) is 4.39 Å². The van der Waals surface area contributed by atoms with Crippen molar-refractivity contribution >= 4 is 0 Å². The Morgan fingerprint density at radius 3 is 2.94 bits per heavy atom. The molecule has 0 aliphatic carbocycles. The molecule has 0 fully saturated rings. The smallest absolute Gasteiger partial charge is 0.165 e. The number of aryl methyl sites for hydroxylation is 1. The van der Waals surface area contributed by atoms with E-state index in [1.807, 2.05) is 7.05 Å². The second-order valence-electron chi connectivity index (χ2n) is 3.67. The van der Waals surface area contributed by atoms with Crippen LogP contribution >= 0.6 is 0 Å². The Morgan fingerprint density at radius 2 is 2.29 bits per heavy atom. The fraction of sp³-hybridized carbons (Fsp3) is 0.250. The van der Waals surface area contributed by atoms with Gasteiger partial charge in [-0.05, 0) is 6.07 Å². The second kappa shape index (κ2) is 4.97. The second-order valence-corrected chi connectivity index (χ2v) is 3.67. The molecule has 90 valence electrons. The molecular formula is C12H13FN2O2. The summed E-state index contributed by atoms with van der Waals surface area (Å²) in [4.78, 5) is 3.94. The summed E-state index contributed by atoms with van der Waals surface area (Å²) in [5.74, 6) is -0.380. The SMILES string of the molecule is Cn1cncc1COc1c(F)cccc1CO. The number of aliphatic hydroxyl groups is 1. The van der Waals surface area contributed by atoms with Crippen LogP contribution in [-0.2, 0) is 20.3 Å². The lowest BCUT2D eigenvalue weighted by molar-refractivity contribution is 0.248. The van der Waals surface area contributed by atoms with E-state index in [0.29, 0.717) is 5.56 Å². The van der Waals surface area contributed by atoms with Crippen molar-refractivity contribution in [1.29, 1.82) is 0 Å². The number of aromatic nitrogens is 2. The first-order valence-electron chi connectivity index (χ1n) is 5.18. The summed E-state index contributed by atoms with van der Waals surface area (Å²) < 4.78 is 20.7. The van der Waals surface area contributed by atoms with Crippen molar-refractivity contribution in [3.05, 3.63) is 47.8 Å². The fourth-order valence-corrected chi connectivity index (χ4v) is 1.51. The van der Waals surface area contributed by atoms with Crippen molar-refractivity contribution in [2.24, 2.45) is 7.05 Å². The molecule has 0 saturated heterocycles. The number of benzene rings is 1. The summed E-state index contributed by atoms with van der Waals surface area (Å²) >= 11 is 0. The third-order valence-corrected chi connectivity index (χ3v) is 2.50. The molecule has 0 aliphatic rings. The lowest BCUT2D eigenvalue weighted by atomic mass is 10.2. The minimum absolute atomic E-state index is 0.0937. The van der Waals surface area contributed by atoms with Gasteiger partial charge >= 0.3 is 0 Å². The van der Waals surface area contributed by atoms with E-state index in [-0.39, 0.29) is 19.0 Å². The first kappa shape index (κ1) is 11.6. The standard InChI is InChI=1S/C12H13FN2O2/c1-15-8-14-5-10(15)7-17-12-9(6-16)3-2-4-11(12)13/h2-5,8,16H,6-7H2,1H3. The molecule has 0 amide bonds. The van der Waals surface area contributed by atoms with Gasteiger partial charge in [-0.3, -0.25) is 0 Å². The Labute approximate surface area is 98.3 Å². The Balaban J connectivity index is 2.16. The van der Waals surface area contributed by atoms with Gasteiger partial charge in [0.2, 0.25) is 0 Å². The molecule has 17 heavy (non-hydrogen) atoms. The van der Waals surface area contributed by atoms with Gasteiger partial charge in [-0.2, -0.15) is 0 Å². The zero-order valence-corrected chi connectivity index (χ0v) is 9.43. The van der Waals surface area contributed by atoms with Gasteiger partial charge in [0.05, 0.1) is 24.8 Å². The van der Waals surface area contributed by atoms with E-state index >= 15 is 0 Å². The van der Waals surface area contributed by atoms with Crippen LogP contribution in [-0.4, -0.2) is 14.7 Å². The van der Waals surface area contributed by atoms with Crippen LogP contribution in [0.3, 0.4) is 0 Å². The molecule has 4 nitrogen and oxygen atoms in total. The minimum atomic E-state index is -0.473. The van der Waals surface area contributed by atoms with Crippen molar-refractivity contribution in [1.82, 2.24) is 9.55 Å². The quantitative estimate of drug-likeness (QED) is 0.877. The molecular weight excluding hydrogens is 223 g/mol. The van der Waals surface area contributed by atoms with E-state index in [1.54, 1.807) is 23.2 Å². The number of rotatable bonds is 4. The number of hydrogen-bond acceptors (Lipinski definition) is 3. The van der Waals surface area contributed by atoms with Gasteiger partial charge in [-0.25, -0.2) is 9.37 Å². The lowest BCUT2D eigenvalue weighted by Gasteiger charge is -2.11. The van der Waals surface area contributed by atoms with E-state index in [0.717, 1.165) is 5.69 Å². The zero-order valence-electron chi connectivity index (χ0n) is 9.43. The minimum Gasteiger partial charge on any atom is -0.484 e. The first-order valence-corrected chi connectivity index (χ1v) is 5.18. The third kappa shape index (κ3) is 2.45. The van der Waals surface area contributed by atoms with E-state index in [2.05, 4.69) is 4.98 Å². The van der Waals surface area contributed by atoms with Crippen LogP contribution in [0, 0.1) is 5.82 Å². The maximum absolute atomic E-state index is 13.5. The van der Waals surface area contributed by atoms with Crippen LogP contribution in [0.15, 0.2) is 30.7 Å². The molecule has 0 spiro atoms. The molecule has 0 unspecified atom stereocenters. The Bertz CT molecular complexity index is 511. The predicted octanol–water partition coefficient (Wildman–Crippen LogP) is 1.63. The van der Waals surface area contributed by atoms with E-state index in [9.17, 15) is 4.39 Å². The van der Waals surface area contributed by atoms with Gasteiger partial charge < -0.3 is 14.4 Å². The lowest BCUT2D eigenvalue weighted by Crippen LogP contribution is -2.04. The van der Waals surface area contributed by atoms with Crippen LogP contribution < -0.4 is 4.74 Å². The van der Waals surface area contributed by atoms with Gasteiger partial charge in [-0.1, -0.05) is 12.1 Å². The van der Waals surface area contributed by atoms with Gasteiger partial charge in [0.1, 0.15) is 6.61 Å². The average Bonchev–Trinajstić information content (AvgIpc) is 2.73. The highest BCUT2D eigenvalue weighted by Crippen LogP contribution is 2.23. The summed E-state index contributed by atoms with van der Waals surface area (Å²) in [6.07, 6.45) is 3.30. The summed E-state index contributed by atoms with van der Waals surface area (Å²) in [5.41, 5.74) is 1.27. The van der Waals surface area contributed by atoms with Crippen molar-refractivity contribution in [3.63, 3.8) is 0 Å². The van der Waals surface area contributed by atoms with Crippen LogP contribution in [0.1, 0.15) is 11.3 Å². The molecule has 0 radical (unpaired) electrons. The fourth-order valence-electron chi connectivity index (χ4n) is 1.51. The van der Waals surface area contributed by atoms with Crippen molar-refractivity contribution in [3.8, 4) is 5.75 Å². The normalized spacial score (nSPS) is 10.5. The van der Waals surface area contributed by atoms with Gasteiger partial charge in [0.25, 0.3) is 0 Å². The Hall–Kier alpha value is -1.88. The highest BCUT2D eigenvalue weighted by Gasteiger charge is 2.10. The van der Waals surface area contributed by atoms with Crippen LogP contribution in [0.5, 0.6) is 5.75 Å². The first-order chi connectivity index (χ1) is 8.22. The van der Waals surface area contributed by atoms with Crippen molar-refractivity contribution in [2.45, 2.75) is 13.2 Å². The number of para-hydroxylation sites is 1. The summed E-state index contributed by atoms with van der Waals surface area (Å²) in [6.45, 7) is -0.0388. The summed E-state index contributed by atoms with van der Waals surface area (Å²) in [6, 6.07) is 4.47. The molecule has 1 aromatic heterocycles. The molecule has 0 aliphatic heterocycles. The molecule has 5 heteroatoms. The molecule has 1 N–H and O–H groups in total. The highest BCUT2D eigenvalue weighted by atomic mass is 19.1.